The Morgan fingerprint density at radius 3 is 2.86 bits per heavy atom. The van der Waals surface area contributed by atoms with Crippen molar-refractivity contribution in [3.63, 3.8) is 0 Å². The summed E-state index contributed by atoms with van der Waals surface area (Å²) in [5.74, 6) is -0.765. The molecule has 3 aromatic rings. The van der Waals surface area contributed by atoms with Gasteiger partial charge in [-0.05, 0) is 55.6 Å². The number of carbonyl (C=O) groups is 1. The molecular formula is C20H21FN4O2S. The summed E-state index contributed by atoms with van der Waals surface area (Å²) < 4.78 is 14.7. The Balaban J connectivity index is 1.46. The van der Waals surface area contributed by atoms with Crippen molar-refractivity contribution in [2.45, 2.75) is 25.4 Å². The lowest BCUT2D eigenvalue weighted by molar-refractivity contribution is -0.122. The van der Waals surface area contributed by atoms with Crippen LogP contribution in [0.5, 0.6) is 0 Å². The molecule has 1 unspecified atom stereocenters. The van der Waals surface area contributed by atoms with Crippen LogP contribution >= 0.6 is 11.3 Å². The van der Waals surface area contributed by atoms with Gasteiger partial charge in [0.25, 0.3) is 5.56 Å². The van der Waals surface area contributed by atoms with Crippen molar-refractivity contribution in [3.05, 3.63) is 63.1 Å². The number of amides is 1. The van der Waals surface area contributed by atoms with Gasteiger partial charge in [0.2, 0.25) is 5.91 Å². The van der Waals surface area contributed by atoms with Gasteiger partial charge in [0.15, 0.2) is 0 Å². The van der Waals surface area contributed by atoms with Crippen LogP contribution in [0.25, 0.3) is 10.9 Å². The van der Waals surface area contributed by atoms with Gasteiger partial charge >= 0.3 is 0 Å². The van der Waals surface area contributed by atoms with Crippen molar-refractivity contribution >= 4 is 28.1 Å². The second-order valence-electron chi connectivity index (χ2n) is 6.92. The van der Waals surface area contributed by atoms with Crippen LogP contribution in [-0.4, -0.2) is 40.0 Å². The van der Waals surface area contributed by atoms with E-state index in [0.717, 1.165) is 19.2 Å². The van der Waals surface area contributed by atoms with Crippen LogP contribution in [0.1, 0.15) is 23.8 Å². The first-order chi connectivity index (χ1) is 13.6. The molecule has 28 heavy (non-hydrogen) atoms. The fourth-order valence-electron chi connectivity index (χ4n) is 3.61. The normalized spacial score (nSPS) is 15.8. The number of nitrogens with one attached hydrogen (secondary N) is 1. The maximum Gasteiger partial charge on any atom is 0.261 e. The van der Waals surface area contributed by atoms with E-state index in [-0.39, 0.29) is 23.9 Å². The molecule has 0 spiro atoms. The van der Waals surface area contributed by atoms with E-state index in [9.17, 15) is 14.0 Å². The summed E-state index contributed by atoms with van der Waals surface area (Å²) in [5, 5.41) is 5.16. The van der Waals surface area contributed by atoms with Gasteiger partial charge in [0.05, 0.1) is 23.3 Å². The topological polar surface area (TPSA) is 67.2 Å². The quantitative estimate of drug-likeness (QED) is 0.691. The molecule has 3 heterocycles. The molecule has 2 aromatic heterocycles. The number of fused-ring (bicyclic) bond motifs is 1. The van der Waals surface area contributed by atoms with E-state index >= 15 is 0 Å². The van der Waals surface area contributed by atoms with Crippen LogP contribution in [0.2, 0.25) is 0 Å². The molecule has 0 aliphatic carbocycles. The Kier molecular flexibility index (Phi) is 5.50. The number of hydrogen-bond donors (Lipinski definition) is 1. The van der Waals surface area contributed by atoms with Crippen LogP contribution < -0.4 is 10.9 Å². The van der Waals surface area contributed by atoms with Crippen molar-refractivity contribution in [2.24, 2.45) is 0 Å². The lowest BCUT2D eigenvalue weighted by Gasteiger charge is -2.27. The van der Waals surface area contributed by atoms with Crippen molar-refractivity contribution in [1.82, 2.24) is 19.8 Å². The highest BCUT2D eigenvalue weighted by Crippen LogP contribution is 2.27. The molecule has 1 aliphatic rings. The van der Waals surface area contributed by atoms with E-state index in [2.05, 4.69) is 21.3 Å². The van der Waals surface area contributed by atoms with E-state index in [1.165, 1.54) is 40.7 Å². The predicted octanol–water partition coefficient (Wildman–Crippen LogP) is 2.55. The molecule has 8 heteroatoms. The van der Waals surface area contributed by atoms with Gasteiger partial charge < -0.3 is 5.32 Å². The second kappa shape index (κ2) is 8.20. The summed E-state index contributed by atoms with van der Waals surface area (Å²) >= 11 is 1.69. The molecule has 0 radical (unpaired) electrons. The summed E-state index contributed by atoms with van der Waals surface area (Å²) in [7, 11) is 0. The second-order valence-corrected chi connectivity index (χ2v) is 7.90. The van der Waals surface area contributed by atoms with Gasteiger partial charge in [-0.3, -0.25) is 19.1 Å². The average molecular weight is 400 g/mol. The standard InChI is InChI=1S/C20H21FN4O2S/c21-14-5-6-16-15(10-14)20(27)25(13-23-16)12-19(26)22-11-17(18-4-3-9-28-18)24-7-1-2-8-24/h3-6,9-10,13,17H,1-2,7-8,11-12H2,(H,22,26). The summed E-state index contributed by atoms with van der Waals surface area (Å²) in [5.41, 5.74) is -0.0103. The SMILES string of the molecule is O=C(Cn1cnc2ccc(F)cc2c1=O)NCC(c1cccs1)N1CCCC1. The molecule has 0 bridgehead atoms. The lowest BCUT2D eigenvalue weighted by Crippen LogP contribution is -2.39. The predicted molar refractivity (Wildman–Crippen MR) is 107 cm³/mol. The zero-order valence-electron chi connectivity index (χ0n) is 15.3. The van der Waals surface area contributed by atoms with E-state index in [1.807, 2.05) is 11.4 Å². The number of benzene rings is 1. The Morgan fingerprint density at radius 2 is 2.11 bits per heavy atom. The van der Waals surface area contributed by atoms with Crippen LogP contribution in [-0.2, 0) is 11.3 Å². The number of likely N-dealkylation sites (tertiary alicyclic amines) is 1. The molecule has 1 atom stereocenters. The van der Waals surface area contributed by atoms with Crippen molar-refractivity contribution in [1.29, 1.82) is 0 Å². The van der Waals surface area contributed by atoms with Gasteiger partial charge in [0.1, 0.15) is 12.4 Å². The highest BCUT2D eigenvalue weighted by molar-refractivity contribution is 7.10. The first-order valence-electron chi connectivity index (χ1n) is 9.30. The minimum absolute atomic E-state index is 0.143. The third-order valence-corrected chi connectivity index (χ3v) is 6.02. The molecule has 4 rings (SSSR count). The molecule has 146 valence electrons. The fourth-order valence-corrected chi connectivity index (χ4v) is 4.47. The largest absolute Gasteiger partial charge is 0.353 e. The Hall–Kier alpha value is -2.58. The monoisotopic (exact) mass is 400 g/mol. The minimum atomic E-state index is -0.502. The van der Waals surface area contributed by atoms with Crippen molar-refractivity contribution in [3.8, 4) is 0 Å². The van der Waals surface area contributed by atoms with Crippen LogP contribution in [0.15, 0.2) is 46.8 Å². The van der Waals surface area contributed by atoms with E-state index in [1.54, 1.807) is 11.3 Å². The molecule has 1 aliphatic heterocycles. The zero-order valence-corrected chi connectivity index (χ0v) is 16.1. The Bertz CT molecular complexity index is 1030. The van der Waals surface area contributed by atoms with E-state index in [0.29, 0.717) is 12.1 Å². The molecule has 6 nitrogen and oxygen atoms in total. The summed E-state index contributed by atoms with van der Waals surface area (Å²) in [4.78, 5) is 32.7. The molecule has 1 aromatic carbocycles. The number of hydrogen-bond acceptors (Lipinski definition) is 5. The number of halogens is 1. The van der Waals surface area contributed by atoms with Crippen LogP contribution in [0.3, 0.4) is 0 Å². The molecule has 1 amide bonds. The fraction of sp³-hybridized carbons (Fsp3) is 0.350. The number of thiophene rings is 1. The third-order valence-electron chi connectivity index (χ3n) is 5.05. The van der Waals surface area contributed by atoms with Gasteiger partial charge in [-0.1, -0.05) is 6.07 Å². The van der Waals surface area contributed by atoms with E-state index < -0.39 is 11.4 Å². The van der Waals surface area contributed by atoms with Gasteiger partial charge in [-0.2, -0.15) is 0 Å². The molecule has 1 saturated heterocycles. The highest BCUT2D eigenvalue weighted by Gasteiger charge is 2.24. The molecule has 0 saturated carbocycles. The average Bonchev–Trinajstić information content (AvgIpc) is 3.39. The smallest absolute Gasteiger partial charge is 0.261 e. The summed E-state index contributed by atoms with van der Waals surface area (Å²) in [6.07, 6.45) is 3.68. The maximum atomic E-state index is 13.4. The zero-order chi connectivity index (χ0) is 19.5. The molecule has 1 N–H and O–H groups in total. The minimum Gasteiger partial charge on any atom is -0.353 e. The van der Waals surface area contributed by atoms with Gasteiger partial charge in [0, 0.05) is 11.4 Å². The maximum absolute atomic E-state index is 13.4. The summed E-state index contributed by atoms with van der Waals surface area (Å²) in [6.45, 7) is 2.40. The number of carbonyl (C=O) groups excluding carboxylic acids is 1. The lowest BCUT2D eigenvalue weighted by atomic mass is 10.2. The highest BCUT2D eigenvalue weighted by atomic mass is 32.1. The van der Waals surface area contributed by atoms with Crippen LogP contribution in [0.4, 0.5) is 4.39 Å². The van der Waals surface area contributed by atoms with E-state index in [4.69, 9.17) is 0 Å². The van der Waals surface area contributed by atoms with Crippen LogP contribution in [0, 0.1) is 5.82 Å². The Morgan fingerprint density at radius 1 is 1.29 bits per heavy atom. The number of aromatic nitrogens is 2. The molecule has 1 fully saturated rings. The number of rotatable bonds is 6. The first kappa shape index (κ1) is 18.8. The third kappa shape index (κ3) is 3.98. The molecular weight excluding hydrogens is 379 g/mol. The van der Waals surface area contributed by atoms with Gasteiger partial charge in [-0.15, -0.1) is 11.3 Å². The van der Waals surface area contributed by atoms with Gasteiger partial charge in [-0.25, -0.2) is 9.37 Å². The van der Waals surface area contributed by atoms with Crippen molar-refractivity contribution < 1.29 is 9.18 Å². The summed E-state index contributed by atoms with van der Waals surface area (Å²) in [6, 6.07) is 8.12. The number of nitrogens with zero attached hydrogens (tertiary/aromatic N) is 3. The van der Waals surface area contributed by atoms with Crippen molar-refractivity contribution in [2.75, 3.05) is 19.6 Å². The Labute approximate surface area is 165 Å². The first-order valence-corrected chi connectivity index (χ1v) is 10.2.